The third-order valence-electron chi connectivity index (χ3n) is 2.78. The summed E-state index contributed by atoms with van der Waals surface area (Å²) < 4.78 is 9.95. The molecule has 1 heterocycles. The molecule has 1 aliphatic heterocycles. The molecule has 6 heteroatoms. The molecule has 6 nitrogen and oxygen atoms in total. The second kappa shape index (κ2) is 4.05. The average molecular weight is 220 g/mol. The van der Waals surface area contributed by atoms with Crippen molar-refractivity contribution < 1.29 is 29.6 Å². The van der Waals surface area contributed by atoms with Gasteiger partial charge in [-0.25, -0.2) is 4.79 Å². The fourth-order valence-corrected chi connectivity index (χ4v) is 1.81. The van der Waals surface area contributed by atoms with Gasteiger partial charge in [0, 0.05) is 13.0 Å². The standard InChI is InChI=1S/C9H16O6/c1-4-5(10)9(2,13)6(7(11)12)15-8(4)14-3/h4-6,8,10,13H,1-3H3,(H,11,12). The van der Waals surface area contributed by atoms with E-state index in [1.807, 2.05) is 0 Å². The van der Waals surface area contributed by atoms with Crippen LogP contribution in [0.15, 0.2) is 0 Å². The number of aliphatic carboxylic acids is 1. The Bertz CT molecular complexity index is 251. The average Bonchev–Trinajstić information content (AvgIpc) is 2.14. The van der Waals surface area contributed by atoms with E-state index < -0.39 is 36.0 Å². The van der Waals surface area contributed by atoms with Crippen LogP contribution in [0.2, 0.25) is 0 Å². The van der Waals surface area contributed by atoms with Gasteiger partial charge in [-0.1, -0.05) is 6.92 Å². The largest absolute Gasteiger partial charge is 0.479 e. The fraction of sp³-hybridized carbons (Fsp3) is 0.889. The van der Waals surface area contributed by atoms with Gasteiger partial charge in [0.25, 0.3) is 0 Å². The SMILES string of the molecule is COC1OC(C(=O)O)C(C)(O)C(O)C1C. The van der Waals surface area contributed by atoms with Crippen molar-refractivity contribution in [1.29, 1.82) is 0 Å². The normalized spacial score (nSPS) is 46.5. The highest BCUT2D eigenvalue weighted by Gasteiger charge is 2.53. The smallest absolute Gasteiger partial charge is 0.336 e. The van der Waals surface area contributed by atoms with Crippen LogP contribution < -0.4 is 0 Å². The van der Waals surface area contributed by atoms with Crippen LogP contribution in [0.5, 0.6) is 0 Å². The third-order valence-corrected chi connectivity index (χ3v) is 2.78. The summed E-state index contributed by atoms with van der Waals surface area (Å²) >= 11 is 0. The summed E-state index contributed by atoms with van der Waals surface area (Å²) in [5.41, 5.74) is -1.82. The van der Waals surface area contributed by atoms with Gasteiger partial charge in [-0.15, -0.1) is 0 Å². The number of methoxy groups -OCH3 is 1. The number of rotatable bonds is 2. The van der Waals surface area contributed by atoms with Crippen molar-refractivity contribution in [2.75, 3.05) is 7.11 Å². The second-order valence-corrected chi connectivity index (χ2v) is 3.99. The van der Waals surface area contributed by atoms with E-state index in [1.54, 1.807) is 6.92 Å². The van der Waals surface area contributed by atoms with Crippen molar-refractivity contribution in [2.24, 2.45) is 5.92 Å². The van der Waals surface area contributed by atoms with E-state index >= 15 is 0 Å². The Morgan fingerprint density at radius 3 is 2.47 bits per heavy atom. The van der Waals surface area contributed by atoms with Crippen molar-refractivity contribution in [3.63, 3.8) is 0 Å². The van der Waals surface area contributed by atoms with Gasteiger partial charge in [-0.05, 0) is 6.92 Å². The van der Waals surface area contributed by atoms with Crippen molar-refractivity contribution >= 4 is 5.97 Å². The number of carboxylic acids is 1. The zero-order valence-corrected chi connectivity index (χ0v) is 8.88. The van der Waals surface area contributed by atoms with E-state index in [0.29, 0.717) is 0 Å². The molecule has 5 unspecified atom stereocenters. The molecule has 0 amide bonds. The quantitative estimate of drug-likeness (QED) is 0.563. The minimum Gasteiger partial charge on any atom is -0.479 e. The summed E-state index contributed by atoms with van der Waals surface area (Å²) in [7, 11) is 1.35. The van der Waals surface area contributed by atoms with E-state index in [0.717, 1.165) is 0 Å². The van der Waals surface area contributed by atoms with Gasteiger partial charge in [0.2, 0.25) is 0 Å². The van der Waals surface area contributed by atoms with Gasteiger partial charge in [0.05, 0.1) is 6.10 Å². The highest BCUT2D eigenvalue weighted by Crippen LogP contribution is 2.33. The molecule has 0 saturated carbocycles. The number of ether oxygens (including phenoxy) is 2. The van der Waals surface area contributed by atoms with Crippen molar-refractivity contribution in [2.45, 2.75) is 37.9 Å². The highest BCUT2D eigenvalue weighted by molar-refractivity contribution is 5.74. The summed E-state index contributed by atoms with van der Waals surface area (Å²) in [5.74, 6) is -1.83. The van der Waals surface area contributed by atoms with Crippen LogP contribution in [-0.4, -0.2) is 52.5 Å². The Balaban J connectivity index is 2.95. The van der Waals surface area contributed by atoms with Crippen LogP contribution in [0.25, 0.3) is 0 Å². The molecular weight excluding hydrogens is 204 g/mol. The molecule has 3 N–H and O–H groups in total. The lowest BCUT2D eigenvalue weighted by Gasteiger charge is -2.45. The Kier molecular flexibility index (Phi) is 3.34. The predicted molar refractivity (Wildman–Crippen MR) is 49.1 cm³/mol. The lowest BCUT2D eigenvalue weighted by atomic mass is 9.82. The second-order valence-electron chi connectivity index (χ2n) is 3.99. The molecule has 1 saturated heterocycles. The molecule has 0 aliphatic carbocycles. The van der Waals surface area contributed by atoms with Gasteiger partial charge in [-0.2, -0.15) is 0 Å². The van der Waals surface area contributed by atoms with Crippen molar-refractivity contribution in [3.8, 4) is 0 Å². The molecule has 1 fully saturated rings. The molecule has 0 aromatic rings. The highest BCUT2D eigenvalue weighted by atomic mass is 16.7. The minimum absolute atomic E-state index is 0.499. The van der Waals surface area contributed by atoms with Crippen molar-refractivity contribution in [1.82, 2.24) is 0 Å². The van der Waals surface area contributed by atoms with Crippen LogP contribution in [0.3, 0.4) is 0 Å². The number of carbonyl (C=O) groups is 1. The van der Waals surface area contributed by atoms with Gasteiger partial charge in [0.15, 0.2) is 12.4 Å². The molecule has 0 spiro atoms. The van der Waals surface area contributed by atoms with Gasteiger partial charge >= 0.3 is 5.97 Å². The Morgan fingerprint density at radius 1 is 1.53 bits per heavy atom. The summed E-state index contributed by atoms with van der Waals surface area (Å²) in [6.07, 6.45) is -3.53. The number of aliphatic hydroxyl groups excluding tert-OH is 1. The topological polar surface area (TPSA) is 96.2 Å². The molecule has 0 aromatic heterocycles. The van der Waals surface area contributed by atoms with E-state index in [1.165, 1.54) is 14.0 Å². The van der Waals surface area contributed by atoms with Crippen LogP contribution >= 0.6 is 0 Å². The molecule has 88 valence electrons. The Morgan fingerprint density at radius 2 is 2.07 bits per heavy atom. The molecule has 1 aliphatic rings. The summed E-state index contributed by atoms with van der Waals surface area (Å²) in [5, 5.41) is 28.4. The first-order valence-corrected chi connectivity index (χ1v) is 4.63. The Labute approximate surface area is 87.4 Å². The minimum atomic E-state index is -1.82. The molecule has 5 atom stereocenters. The first-order chi connectivity index (χ1) is 6.82. The van der Waals surface area contributed by atoms with E-state index in [9.17, 15) is 15.0 Å². The third kappa shape index (κ3) is 1.98. The van der Waals surface area contributed by atoms with Gasteiger partial charge in [0.1, 0.15) is 5.60 Å². The molecule has 0 aromatic carbocycles. The van der Waals surface area contributed by atoms with Crippen LogP contribution in [0, 0.1) is 5.92 Å². The summed E-state index contributed by atoms with van der Waals surface area (Å²) in [6, 6.07) is 0. The molecule has 0 radical (unpaired) electrons. The molecule has 15 heavy (non-hydrogen) atoms. The number of hydrogen-bond donors (Lipinski definition) is 3. The van der Waals surface area contributed by atoms with Crippen LogP contribution in [0.4, 0.5) is 0 Å². The number of aliphatic hydroxyl groups is 2. The molecular formula is C9H16O6. The lowest BCUT2D eigenvalue weighted by Crippen LogP contribution is -2.64. The monoisotopic (exact) mass is 220 g/mol. The van der Waals surface area contributed by atoms with E-state index in [2.05, 4.69) is 0 Å². The van der Waals surface area contributed by atoms with E-state index in [4.69, 9.17) is 14.6 Å². The van der Waals surface area contributed by atoms with E-state index in [-0.39, 0.29) is 0 Å². The van der Waals surface area contributed by atoms with Gasteiger partial charge in [-0.3, -0.25) is 0 Å². The maximum atomic E-state index is 10.8. The van der Waals surface area contributed by atoms with Gasteiger partial charge < -0.3 is 24.8 Å². The first kappa shape index (κ1) is 12.4. The first-order valence-electron chi connectivity index (χ1n) is 4.63. The zero-order valence-electron chi connectivity index (χ0n) is 8.88. The zero-order chi connectivity index (χ0) is 11.8. The van der Waals surface area contributed by atoms with Crippen LogP contribution in [0.1, 0.15) is 13.8 Å². The predicted octanol–water partition coefficient (Wildman–Crippen LogP) is -0.810. The van der Waals surface area contributed by atoms with Crippen molar-refractivity contribution in [3.05, 3.63) is 0 Å². The maximum Gasteiger partial charge on any atom is 0.336 e. The maximum absolute atomic E-state index is 10.8. The number of hydrogen-bond acceptors (Lipinski definition) is 5. The summed E-state index contributed by atoms with van der Waals surface area (Å²) in [4.78, 5) is 10.8. The molecule has 1 rings (SSSR count). The summed E-state index contributed by atoms with van der Waals surface area (Å²) in [6.45, 7) is 2.85. The number of carboxylic acid groups (broad SMARTS) is 1. The van der Waals surface area contributed by atoms with Crippen LogP contribution in [-0.2, 0) is 14.3 Å². The fourth-order valence-electron chi connectivity index (χ4n) is 1.81. The lowest BCUT2D eigenvalue weighted by molar-refractivity contribution is -0.296. The Hall–Kier alpha value is -0.690. The molecule has 0 bridgehead atoms.